The molecule has 2 aromatic heterocycles. The van der Waals surface area contributed by atoms with Gasteiger partial charge >= 0.3 is 6.18 Å². The van der Waals surface area contributed by atoms with Crippen molar-refractivity contribution >= 4 is 49.3 Å². The maximum atomic E-state index is 14.4. The Morgan fingerprint density at radius 1 is 0.410 bits per heavy atom. The van der Waals surface area contributed by atoms with Crippen LogP contribution in [0.15, 0.2) is 152 Å². The number of alkyl halides is 3. The molecule has 0 unspecified atom stereocenters. The Hall–Kier alpha value is -7.36. The third kappa shape index (κ3) is 6.45. The number of para-hydroxylation sites is 2. The first kappa shape index (κ1) is 37.9. The highest BCUT2D eigenvalue weighted by Crippen LogP contribution is 2.45. The van der Waals surface area contributed by atoms with Crippen LogP contribution in [0.25, 0.3) is 93.2 Å². The van der Waals surface area contributed by atoms with Crippen LogP contribution in [-0.2, 0) is 6.18 Å². The molecule has 0 aliphatic carbocycles. The second-order valence-electron chi connectivity index (χ2n) is 16.5. The van der Waals surface area contributed by atoms with Gasteiger partial charge in [-0.3, -0.25) is 0 Å². The molecule has 0 aliphatic heterocycles. The van der Waals surface area contributed by atoms with Gasteiger partial charge in [0.25, 0.3) is 0 Å². The van der Waals surface area contributed by atoms with Crippen LogP contribution in [0.4, 0.5) is 18.9 Å². The van der Waals surface area contributed by atoms with Crippen molar-refractivity contribution in [2.24, 2.45) is 0 Å². The summed E-state index contributed by atoms with van der Waals surface area (Å²) in [6, 6.07) is 50.6. The number of aromatic nitrogens is 2. The molecule has 0 spiro atoms. The van der Waals surface area contributed by atoms with Gasteiger partial charge < -0.3 is 9.13 Å². The van der Waals surface area contributed by atoms with Gasteiger partial charge in [0.2, 0.25) is 0 Å². The van der Waals surface area contributed by atoms with Gasteiger partial charge in [-0.1, -0.05) is 125 Å². The van der Waals surface area contributed by atoms with E-state index in [1.54, 1.807) is 13.0 Å². The van der Waals surface area contributed by atoms with Crippen molar-refractivity contribution in [1.82, 2.24) is 9.13 Å². The zero-order chi connectivity index (χ0) is 42.3. The molecular formula is C55H40F3N3. The maximum absolute atomic E-state index is 14.4. The summed E-state index contributed by atoms with van der Waals surface area (Å²) in [5.74, 6) is 0. The zero-order valence-corrected chi connectivity index (χ0v) is 34.4. The summed E-state index contributed by atoms with van der Waals surface area (Å²) < 4.78 is 47.7. The van der Waals surface area contributed by atoms with Gasteiger partial charge in [0.05, 0.1) is 45.6 Å². The van der Waals surface area contributed by atoms with Crippen LogP contribution >= 0.6 is 0 Å². The van der Waals surface area contributed by atoms with Crippen LogP contribution in [0.3, 0.4) is 0 Å². The van der Waals surface area contributed by atoms with Crippen molar-refractivity contribution in [3.63, 3.8) is 0 Å². The number of rotatable bonds is 5. The molecule has 0 bridgehead atoms. The lowest BCUT2D eigenvalue weighted by Gasteiger charge is -2.20. The summed E-state index contributed by atoms with van der Waals surface area (Å²) in [6.07, 6.45) is -4.56. The minimum Gasteiger partial charge on any atom is -0.308 e. The lowest BCUT2D eigenvalue weighted by Crippen LogP contribution is -2.06. The fourth-order valence-corrected chi connectivity index (χ4v) is 9.45. The summed E-state index contributed by atoms with van der Waals surface area (Å²) in [6.45, 7) is 18.6. The molecule has 0 fully saturated rings. The molecule has 0 atom stereocenters. The van der Waals surface area contributed by atoms with Crippen LogP contribution in [0.2, 0.25) is 0 Å². The second kappa shape index (κ2) is 14.1. The van der Waals surface area contributed by atoms with Crippen molar-refractivity contribution in [2.45, 2.75) is 40.8 Å². The fraction of sp³-hybridized carbons (Fsp3) is 0.109. The van der Waals surface area contributed by atoms with E-state index in [9.17, 15) is 13.2 Å². The molecular weight excluding hydrogens is 760 g/mol. The van der Waals surface area contributed by atoms with E-state index in [4.69, 9.17) is 6.57 Å². The predicted octanol–water partition coefficient (Wildman–Crippen LogP) is 16.0. The number of benzene rings is 8. The predicted molar refractivity (Wildman–Crippen MR) is 246 cm³/mol. The standard InChI is InChI=1S/C55H40F3N3/c1-32-19-33(2)22-39(21-32)37-15-17-45-43-11-7-9-13-49(43)60(51(45)28-37)53-30-47(41-25-36(5)26-42(27-41)55(56,57)58)48(59-6)31-54(53)61-50-14-10-8-12-44(50)46-18-16-38(29-52(46)61)40-23-34(3)20-35(4)24-40/h7-31H,1-5H3. The third-order valence-electron chi connectivity index (χ3n) is 11.9. The molecule has 0 aliphatic rings. The van der Waals surface area contributed by atoms with E-state index in [2.05, 4.69) is 139 Å². The molecule has 10 rings (SSSR count). The Morgan fingerprint density at radius 3 is 1.31 bits per heavy atom. The first-order valence-electron chi connectivity index (χ1n) is 20.3. The summed E-state index contributed by atoms with van der Waals surface area (Å²) in [5.41, 5.74) is 15.0. The number of hydrogen-bond donors (Lipinski definition) is 0. The van der Waals surface area contributed by atoms with Gasteiger partial charge in [0.1, 0.15) is 0 Å². The van der Waals surface area contributed by atoms with E-state index in [0.29, 0.717) is 16.7 Å². The maximum Gasteiger partial charge on any atom is 0.416 e. The molecule has 296 valence electrons. The van der Waals surface area contributed by atoms with E-state index in [0.717, 1.165) is 83.3 Å². The number of halogens is 3. The second-order valence-corrected chi connectivity index (χ2v) is 16.5. The molecule has 0 amide bonds. The van der Waals surface area contributed by atoms with Crippen LogP contribution in [0.5, 0.6) is 0 Å². The van der Waals surface area contributed by atoms with E-state index >= 15 is 0 Å². The molecule has 0 N–H and O–H groups in total. The number of fused-ring (bicyclic) bond motifs is 6. The third-order valence-corrected chi connectivity index (χ3v) is 11.9. The van der Waals surface area contributed by atoms with E-state index in [-0.39, 0.29) is 5.69 Å². The number of aryl methyl sites for hydroxylation is 5. The molecule has 0 saturated carbocycles. The van der Waals surface area contributed by atoms with Gasteiger partial charge in [-0.15, -0.1) is 0 Å². The van der Waals surface area contributed by atoms with Gasteiger partial charge in [0.15, 0.2) is 5.69 Å². The fourth-order valence-electron chi connectivity index (χ4n) is 9.45. The van der Waals surface area contributed by atoms with Crippen molar-refractivity contribution in [2.75, 3.05) is 0 Å². The van der Waals surface area contributed by atoms with Crippen LogP contribution in [-0.4, -0.2) is 9.13 Å². The first-order valence-corrected chi connectivity index (χ1v) is 20.3. The van der Waals surface area contributed by atoms with E-state index in [1.807, 2.05) is 36.4 Å². The molecule has 0 saturated heterocycles. The minimum atomic E-state index is -4.56. The van der Waals surface area contributed by atoms with Gasteiger partial charge in [0, 0.05) is 21.5 Å². The minimum absolute atomic E-state index is 0.255. The number of nitrogens with zero attached hydrogens (tertiary/aromatic N) is 3. The van der Waals surface area contributed by atoms with Crippen LogP contribution in [0, 0.1) is 41.2 Å². The van der Waals surface area contributed by atoms with Crippen LogP contribution in [0.1, 0.15) is 33.4 Å². The Morgan fingerprint density at radius 2 is 0.836 bits per heavy atom. The van der Waals surface area contributed by atoms with Crippen LogP contribution < -0.4 is 0 Å². The highest BCUT2D eigenvalue weighted by molar-refractivity contribution is 6.13. The summed E-state index contributed by atoms with van der Waals surface area (Å²) in [4.78, 5) is 4.05. The average molecular weight is 800 g/mol. The molecule has 61 heavy (non-hydrogen) atoms. The highest BCUT2D eigenvalue weighted by Gasteiger charge is 2.31. The summed E-state index contributed by atoms with van der Waals surface area (Å²) >= 11 is 0. The first-order chi connectivity index (χ1) is 29.3. The van der Waals surface area contributed by atoms with Crippen molar-refractivity contribution in [3.8, 4) is 44.8 Å². The lowest BCUT2D eigenvalue weighted by molar-refractivity contribution is -0.137. The van der Waals surface area contributed by atoms with Crippen molar-refractivity contribution in [1.29, 1.82) is 0 Å². The smallest absolute Gasteiger partial charge is 0.308 e. The van der Waals surface area contributed by atoms with E-state index < -0.39 is 11.7 Å². The van der Waals surface area contributed by atoms with Gasteiger partial charge in [-0.25, -0.2) is 4.85 Å². The Bertz CT molecular complexity index is 3440. The molecule has 10 aromatic rings. The molecule has 6 heteroatoms. The monoisotopic (exact) mass is 799 g/mol. The molecule has 2 heterocycles. The Balaban J connectivity index is 1.36. The summed E-state index contributed by atoms with van der Waals surface area (Å²) in [7, 11) is 0. The molecule has 0 radical (unpaired) electrons. The lowest BCUT2D eigenvalue weighted by atomic mass is 9.97. The van der Waals surface area contributed by atoms with Gasteiger partial charge in [-0.2, -0.15) is 13.2 Å². The zero-order valence-electron chi connectivity index (χ0n) is 34.4. The Labute approximate surface area is 352 Å². The largest absolute Gasteiger partial charge is 0.416 e. The topological polar surface area (TPSA) is 14.2 Å². The van der Waals surface area contributed by atoms with Gasteiger partial charge in [-0.05, 0) is 122 Å². The normalized spacial score (nSPS) is 11.9. The average Bonchev–Trinajstić information content (AvgIpc) is 3.74. The Kier molecular flexibility index (Phi) is 8.78. The van der Waals surface area contributed by atoms with Crippen molar-refractivity contribution in [3.05, 3.63) is 196 Å². The SMILES string of the molecule is [C-]#[N+]c1cc(-n2c3ccccc3c3ccc(-c4cc(C)cc(C)c4)cc32)c(-n2c3ccccc3c3ccc(-c4cc(C)cc(C)c4)cc32)cc1-c1cc(C)cc(C(F)(F)F)c1. The van der Waals surface area contributed by atoms with Crippen molar-refractivity contribution < 1.29 is 13.2 Å². The summed E-state index contributed by atoms with van der Waals surface area (Å²) in [5, 5.41) is 4.19. The molecule has 8 aromatic carbocycles. The number of hydrogen-bond acceptors (Lipinski definition) is 0. The quantitative estimate of drug-likeness (QED) is 0.154. The van der Waals surface area contributed by atoms with E-state index in [1.165, 1.54) is 28.3 Å². The molecule has 3 nitrogen and oxygen atoms in total. The highest BCUT2D eigenvalue weighted by atomic mass is 19.4.